The molecule has 0 fully saturated rings. The highest BCUT2D eigenvalue weighted by atomic mass is 14.2. The molecule has 0 spiro atoms. The van der Waals surface area contributed by atoms with E-state index in [1.807, 2.05) is 33.8 Å². The molecule has 1 atom stereocenters. The molecule has 0 bridgehead atoms. The SMILES string of the molecule is C.C=C/C=C(\C=C/C)C(C(/C=C\C)=C/C=C\C)c1ccccc1.CC. The second-order valence-corrected chi connectivity index (χ2v) is 4.94. The van der Waals surface area contributed by atoms with Crippen LogP contribution in [0.3, 0.4) is 0 Å². The summed E-state index contributed by atoms with van der Waals surface area (Å²) in [5.74, 6) is 0.197. The Morgan fingerprint density at radius 2 is 1.36 bits per heavy atom. The summed E-state index contributed by atoms with van der Waals surface area (Å²) >= 11 is 0. The van der Waals surface area contributed by atoms with E-state index < -0.39 is 0 Å². The summed E-state index contributed by atoms with van der Waals surface area (Å²) in [6.45, 7) is 14.0. The van der Waals surface area contributed by atoms with Crippen molar-refractivity contribution in [1.29, 1.82) is 0 Å². The standard InChI is InChI=1S/C22H26.C2H6.CH4/c1-5-9-16-20(15-8-4)22(19(13-6-2)14-7-3)21-17-11-10-12-18-21;1-2;/h5-18,22H,2H2,1,3-4H3;1-2H3;1H4/b9-5-,14-7-,15-8-,19-13+,20-16+;;. The molecule has 0 amide bonds. The summed E-state index contributed by atoms with van der Waals surface area (Å²) in [7, 11) is 0. The van der Waals surface area contributed by atoms with Crippen LogP contribution in [0.15, 0.2) is 103 Å². The van der Waals surface area contributed by atoms with Crippen molar-refractivity contribution in [3.05, 3.63) is 108 Å². The van der Waals surface area contributed by atoms with Gasteiger partial charge >= 0.3 is 0 Å². The number of hydrogen-bond donors (Lipinski definition) is 0. The molecule has 0 aliphatic heterocycles. The number of benzene rings is 1. The number of allylic oxidation sites excluding steroid dienone is 11. The van der Waals surface area contributed by atoms with Crippen LogP contribution < -0.4 is 0 Å². The molecule has 1 aromatic carbocycles. The zero-order chi connectivity index (χ0) is 18.2. The van der Waals surface area contributed by atoms with Crippen molar-refractivity contribution in [3.8, 4) is 0 Å². The number of hydrogen-bond acceptors (Lipinski definition) is 0. The minimum absolute atomic E-state index is 0. The van der Waals surface area contributed by atoms with Gasteiger partial charge in [-0.3, -0.25) is 0 Å². The first-order chi connectivity index (χ1) is 11.8. The maximum absolute atomic E-state index is 3.86. The average molecular weight is 337 g/mol. The lowest BCUT2D eigenvalue weighted by Crippen LogP contribution is -2.04. The minimum Gasteiger partial charge on any atom is -0.0991 e. The van der Waals surface area contributed by atoms with E-state index in [0.717, 1.165) is 0 Å². The molecule has 0 heteroatoms. The molecule has 0 saturated heterocycles. The maximum Gasteiger partial charge on any atom is 0.0339 e. The topological polar surface area (TPSA) is 0 Å². The normalized spacial score (nSPS) is 13.5. The summed E-state index contributed by atoms with van der Waals surface area (Å²) in [6, 6.07) is 10.6. The van der Waals surface area contributed by atoms with E-state index in [9.17, 15) is 0 Å². The van der Waals surface area contributed by atoms with E-state index in [2.05, 4.69) is 92.4 Å². The Bertz CT molecular complexity index is 592. The van der Waals surface area contributed by atoms with Crippen molar-refractivity contribution < 1.29 is 0 Å². The summed E-state index contributed by atoms with van der Waals surface area (Å²) < 4.78 is 0. The van der Waals surface area contributed by atoms with Crippen LogP contribution in [-0.4, -0.2) is 0 Å². The van der Waals surface area contributed by atoms with Gasteiger partial charge in [-0.2, -0.15) is 0 Å². The Balaban J connectivity index is 0. The summed E-state index contributed by atoms with van der Waals surface area (Å²) in [5, 5.41) is 0. The van der Waals surface area contributed by atoms with Gasteiger partial charge in [0, 0.05) is 5.92 Å². The van der Waals surface area contributed by atoms with Crippen molar-refractivity contribution in [1.82, 2.24) is 0 Å². The van der Waals surface area contributed by atoms with Gasteiger partial charge in [-0.1, -0.05) is 113 Å². The van der Waals surface area contributed by atoms with Crippen LogP contribution in [0.2, 0.25) is 0 Å². The second-order valence-electron chi connectivity index (χ2n) is 4.94. The van der Waals surface area contributed by atoms with Gasteiger partial charge in [0.05, 0.1) is 0 Å². The van der Waals surface area contributed by atoms with Crippen LogP contribution in [-0.2, 0) is 0 Å². The van der Waals surface area contributed by atoms with E-state index in [4.69, 9.17) is 0 Å². The van der Waals surface area contributed by atoms with Gasteiger partial charge in [0.25, 0.3) is 0 Å². The zero-order valence-electron chi connectivity index (χ0n) is 15.9. The highest BCUT2D eigenvalue weighted by Crippen LogP contribution is 2.33. The molecule has 0 nitrogen and oxygen atoms in total. The highest BCUT2D eigenvalue weighted by Gasteiger charge is 2.17. The van der Waals surface area contributed by atoms with Gasteiger partial charge in [-0.25, -0.2) is 0 Å². The molecule has 136 valence electrons. The molecular formula is C25H36. The van der Waals surface area contributed by atoms with Gasteiger partial charge in [0.15, 0.2) is 0 Å². The molecule has 0 N–H and O–H groups in total. The van der Waals surface area contributed by atoms with Crippen molar-refractivity contribution in [2.24, 2.45) is 0 Å². The summed E-state index contributed by atoms with van der Waals surface area (Å²) in [5.41, 5.74) is 3.78. The average Bonchev–Trinajstić information content (AvgIpc) is 2.63. The molecule has 0 heterocycles. The second kappa shape index (κ2) is 16.5. The molecule has 0 radical (unpaired) electrons. The van der Waals surface area contributed by atoms with Gasteiger partial charge in [-0.15, -0.1) is 0 Å². The van der Waals surface area contributed by atoms with Crippen molar-refractivity contribution in [3.63, 3.8) is 0 Å². The third-order valence-electron chi connectivity index (χ3n) is 3.31. The smallest absolute Gasteiger partial charge is 0.0339 e. The van der Waals surface area contributed by atoms with E-state index in [1.54, 1.807) is 0 Å². The fourth-order valence-electron chi connectivity index (χ4n) is 2.45. The summed E-state index contributed by atoms with van der Waals surface area (Å²) in [4.78, 5) is 0. The van der Waals surface area contributed by atoms with Gasteiger partial charge < -0.3 is 0 Å². The van der Waals surface area contributed by atoms with Gasteiger partial charge in [-0.05, 0) is 37.5 Å². The highest BCUT2D eigenvalue weighted by molar-refractivity contribution is 5.48. The van der Waals surface area contributed by atoms with Crippen LogP contribution in [0.4, 0.5) is 0 Å². The van der Waals surface area contributed by atoms with Gasteiger partial charge in [0.1, 0.15) is 0 Å². The zero-order valence-corrected chi connectivity index (χ0v) is 15.9. The fraction of sp³-hybridized carbons (Fsp3) is 0.280. The molecule has 0 saturated carbocycles. The predicted octanol–water partition coefficient (Wildman–Crippen LogP) is 8.20. The molecule has 0 aliphatic carbocycles. The first kappa shape index (κ1) is 24.9. The molecule has 1 aromatic rings. The predicted molar refractivity (Wildman–Crippen MR) is 118 cm³/mol. The molecule has 25 heavy (non-hydrogen) atoms. The van der Waals surface area contributed by atoms with E-state index >= 15 is 0 Å². The van der Waals surface area contributed by atoms with Crippen LogP contribution >= 0.6 is 0 Å². The Morgan fingerprint density at radius 1 is 0.840 bits per heavy atom. The fourth-order valence-corrected chi connectivity index (χ4v) is 2.45. The van der Waals surface area contributed by atoms with Crippen LogP contribution in [0.1, 0.15) is 53.5 Å². The largest absolute Gasteiger partial charge is 0.0991 e. The molecule has 0 aliphatic rings. The summed E-state index contributed by atoms with van der Waals surface area (Å²) in [6.07, 6.45) is 18.8. The molecule has 0 aromatic heterocycles. The Labute approximate surface area is 156 Å². The maximum atomic E-state index is 3.86. The van der Waals surface area contributed by atoms with E-state index in [0.29, 0.717) is 0 Å². The third-order valence-corrected chi connectivity index (χ3v) is 3.31. The number of rotatable bonds is 7. The van der Waals surface area contributed by atoms with E-state index in [-0.39, 0.29) is 13.3 Å². The van der Waals surface area contributed by atoms with E-state index in [1.165, 1.54) is 16.7 Å². The third kappa shape index (κ3) is 8.91. The Hall–Kier alpha value is -2.34. The first-order valence-corrected chi connectivity index (χ1v) is 8.74. The lowest BCUT2D eigenvalue weighted by atomic mass is 9.83. The lowest BCUT2D eigenvalue weighted by Gasteiger charge is -2.20. The molecule has 1 rings (SSSR count). The van der Waals surface area contributed by atoms with Crippen LogP contribution in [0.5, 0.6) is 0 Å². The van der Waals surface area contributed by atoms with Crippen molar-refractivity contribution in [2.45, 2.75) is 48.0 Å². The lowest BCUT2D eigenvalue weighted by molar-refractivity contribution is 0.975. The molecular weight excluding hydrogens is 300 g/mol. The Kier molecular flexibility index (Phi) is 16.5. The van der Waals surface area contributed by atoms with Gasteiger partial charge in [0.2, 0.25) is 0 Å². The molecule has 1 unspecified atom stereocenters. The van der Waals surface area contributed by atoms with Crippen LogP contribution in [0.25, 0.3) is 0 Å². The first-order valence-electron chi connectivity index (χ1n) is 8.74. The monoisotopic (exact) mass is 336 g/mol. The quantitative estimate of drug-likeness (QED) is 0.440. The Morgan fingerprint density at radius 3 is 1.80 bits per heavy atom. The van der Waals surface area contributed by atoms with Crippen LogP contribution in [0, 0.1) is 0 Å². The minimum atomic E-state index is 0. The van der Waals surface area contributed by atoms with Crippen molar-refractivity contribution in [2.75, 3.05) is 0 Å². The van der Waals surface area contributed by atoms with Crippen molar-refractivity contribution >= 4 is 0 Å².